The van der Waals surface area contributed by atoms with E-state index < -0.39 is 15.7 Å². The van der Waals surface area contributed by atoms with Gasteiger partial charge >= 0.3 is 0 Å². The Labute approximate surface area is 114 Å². The zero-order valence-electron chi connectivity index (χ0n) is 11.2. The Morgan fingerprint density at radius 3 is 2.74 bits per heavy atom. The van der Waals surface area contributed by atoms with Crippen LogP contribution in [0.5, 0.6) is 0 Å². The zero-order chi connectivity index (χ0) is 14.5. The summed E-state index contributed by atoms with van der Waals surface area (Å²) < 4.78 is 22.8. The molecule has 106 valence electrons. The van der Waals surface area contributed by atoms with Gasteiger partial charge in [0.25, 0.3) is 5.91 Å². The van der Waals surface area contributed by atoms with Crippen LogP contribution >= 0.6 is 0 Å². The predicted molar refractivity (Wildman–Crippen MR) is 71.8 cm³/mol. The van der Waals surface area contributed by atoms with Crippen LogP contribution in [0, 0.1) is 11.3 Å². The number of nitrogens with zero attached hydrogens (tertiary/aromatic N) is 2. The highest BCUT2D eigenvalue weighted by atomic mass is 32.2. The van der Waals surface area contributed by atoms with Crippen LogP contribution in [0.1, 0.15) is 19.8 Å². The molecule has 1 aliphatic heterocycles. The van der Waals surface area contributed by atoms with E-state index in [0.29, 0.717) is 13.0 Å². The van der Waals surface area contributed by atoms with Crippen LogP contribution in [-0.2, 0) is 14.6 Å². The highest BCUT2D eigenvalue weighted by Crippen LogP contribution is 2.17. The van der Waals surface area contributed by atoms with Gasteiger partial charge in [0.1, 0.15) is 11.6 Å². The molecule has 0 bridgehead atoms. The van der Waals surface area contributed by atoms with Crippen LogP contribution in [0.4, 0.5) is 0 Å². The number of sulfone groups is 1. The van der Waals surface area contributed by atoms with Gasteiger partial charge in [-0.2, -0.15) is 5.26 Å². The summed E-state index contributed by atoms with van der Waals surface area (Å²) in [5.74, 6) is -0.174. The highest BCUT2D eigenvalue weighted by molar-refractivity contribution is 7.91. The maximum atomic E-state index is 11.7. The minimum absolute atomic E-state index is 0.000230. The number of nitrogens with one attached hydrogen (secondary N) is 1. The Bertz CT molecular complexity index is 505. The van der Waals surface area contributed by atoms with E-state index in [1.54, 1.807) is 11.9 Å². The number of amides is 1. The number of carbonyl (C=O) groups excluding carboxylic acids is 1. The summed E-state index contributed by atoms with van der Waals surface area (Å²) in [6.07, 6.45) is 2.75. The van der Waals surface area contributed by atoms with Crippen LogP contribution in [0.3, 0.4) is 0 Å². The van der Waals surface area contributed by atoms with Crippen LogP contribution in [0.25, 0.3) is 0 Å². The molecule has 0 aliphatic carbocycles. The number of carbonyl (C=O) groups is 1. The van der Waals surface area contributed by atoms with Crippen molar-refractivity contribution in [2.45, 2.75) is 25.8 Å². The Morgan fingerprint density at radius 1 is 1.58 bits per heavy atom. The molecule has 1 fully saturated rings. The molecule has 0 saturated carbocycles. The Kier molecular flexibility index (Phi) is 5.36. The van der Waals surface area contributed by atoms with E-state index in [9.17, 15) is 13.2 Å². The molecule has 1 amide bonds. The van der Waals surface area contributed by atoms with Gasteiger partial charge in [-0.3, -0.25) is 4.79 Å². The van der Waals surface area contributed by atoms with Crippen molar-refractivity contribution in [3.8, 4) is 6.07 Å². The molecular weight excluding hydrogens is 266 g/mol. The van der Waals surface area contributed by atoms with Gasteiger partial charge in [-0.05, 0) is 12.8 Å². The van der Waals surface area contributed by atoms with Gasteiger partial charge in [0.2, 0.25) is 0 Å². The van der Waals surface area contributed by atoms with Crippen molar-refractivity contribution in [3.05, 3.63) is 11.8 Å². The minimum atomic E-state index is -2.97. The minimum Gasteiger partial charge on any atom is -0.375 e. The molecule has 0 aromatic rings. The molecule has 19 heavy (non-hydrogen) atoms. The summed E-state index contributed by atoms with van der Waals surface area (Å²) in [5.41, 5.74) is 0.000230. The van der Waals surface area contributed by atoms with Gasteiger partial charge in [-0.1, -0.05) is 6.92 Å². The maximum Gasteiger partial charge on any atom is 0.263 e. The van der Waals surface area contributed by atoms with Gasteiger partial charge in [0, 0.05) is 25.8 Å². The van der Waals surface area contributed by atoms with Crippen LogP contribution in [0.15, 0.2) is 11.8 Å². The van der Waals surface area contributed by atoms with Gasteiger partial charge < -0.3 is 10.2 Å². The van der Waals surface area contributed by atoms with Gasteiger partial charge in [0.15, 0.2) is 9.84 Å². The topological polar surface area (TPSA) is 90.3 Å². The summed E-state index contributed by atoms with van der Waals surface area (Å²) in [6.45, 7) is 2.44. The number of hydrogen-bond donors (Lipinski definition) is 1. The lowest BCUT2D eigenvalue weighted by atomic mass is 10.2. The van der Waals surface area contributed by atoms with Crippen LogP contribution in [0.2, 0.25) is 0 Å². The maximum absolute atomic E-state index is 11.7. The largest absolute Gasteiger partial charge is 0.375 e. The van der Waals surface area contributed by atoms with Crippen LogP contribution in [-0.4, -0.2) is 50.4 Å². The molecule has 1 N–H and O–H groups in total. The predicted octanol–water partition coefficient (Wildman–Crippen LogP) is 0.0390. The van der Waals surface area contributed by atoms with E-state index in [0.717, 1.165) is 6.42 Å². The van der Waals surface area contributed by atoms with E-state index in [4.69, 9.17) is 5.26 Å². The van der Waals surface area contributed by atoms with E-state index in [-0.39, 0.29) is 23.1 Å². The standard InChI is InChI=1S/C12H19N3O3S/c1-3-5-14-12(16)10(7-13)8-15(2)11-4-6-19(17,18)9-11/h8,11H,3-6,9H2,1-2H3,(H,14,16)/b10-8-. The first kappa shape index (κ1) is 15.5. The van der Waals surface area contributed by atoms with Crippen molar-refractivity contribution in [1.29, 1.82) is 5.26 Å². The molecule has 0 aromatic carbocycles. The molecule has 1 unspecified atom stereocenters. The lowest BCUT2D eigenvalue weighted by molar-refractivity contribution is -0.117. The van der Waals surface area contributed by atoms with Gasteiger partial charge in [0.05, 0.1) is 11.5 Å². The molecule has 1 atom stereocenters. The van der Waals surface area contributed by atoms with E-state index >= 15 is 0 Å². The lowest BCUT2D eigenvalue weighted by Crippen LogP contribution is -2.31. The summed E-state index contributed by atoms with van der Waals surface area (Å²) >= 11 is 0. The molecule has 1 aliphatic rings. The third-order valence-corrected chi connectivity index (χ3v) is 4.77. The second kappa shape index (κ2) is 6.57. The van der Waals surface area contributed by atoms with Crippen molar-refractivity contribution < 1.29 is 13.2 Å². The molecule has 0 aromatic heterocycles. The monoisotopic (exact) mass is 285 g/mol. The summed E-state index contributed by atoms with van der Waals surface area (Å²) in [6, 6.07) is 1.68. The first-order valence-electron chi connectivity index (χ1n) is 6.22. The Morgan fingerprint density at radius 2 is 2.26 bits per heavy atom. The molecule has 0 spiro atoms. The fourth-order valence-electron chi connectivity index (χ4n) is 1.88. The smallest absolute Gasteiger partial charge is 0.263 e. The van der Waals surface area contributed by atoms with Crippen LogP contribution < -0.4 is 5.32 Å². The SMILES string of the molecule is CCCNC(=O)/C(C#N)=C\N(C)C1CCS(=O)(=O)C1. The number of nitriles is 1. The second-order valence-corrected chi connectivity index (χ2v) is 6.86. The number of hydrogen-bond acceptors (Lipinski definition) is 5. The van der Waals surface area contributed by atoms with E-state index in [1.165, 1.54) is 6.20 Å². The molecule has 0 radical (unpaired) electrons. The molecule has 1 saturated heterocycles. The van der Waals surface area contributed by atoms with E-state index in [1.807, 2.05) is 13.0 Å². The third kappa shape index (κ3) is 4.56. The Balaban J connectivity index is 2.71. The quantitative estimate of drug-likeness (QED) is 0.569. The molecule has 7 heteroatoms. The lowest BCUT2D eigenvalue weighted by Gasteiger charge is -2.21. The normalized spacial score (nSPS) is 21.7. The third-order valence-electron chi connectivity index (χ3n) is 3.02. The zero-order valence-corrected chi connectivity index (χ0v) is 12.0. The summed E-state index contributed by atoms with van der Waals surface area (Å²) in [5, 5.41) is 11.6. The summed E-state index contributed by atoms with van der Waals surface area (Å²) in [4.78, 5) is 13.3. The summed E-state index contributed by atoms with van der Waals surface area (Å²) in [7, 11) is -1.28. The molecule has 1 heterocycles. The Hall–Kier alpha value is -1.55. The first-order chi connectivity index (χ1) is 8.89. The second-order valence-electron chi connectivity index (χ2n) is 4.63. The van der Waals surface area contributed by atoms with Crippen molar-refractivity contribution >= 4 is 15.7 Å². The average Bonchev–Trinajstić information content (AvgIpc) is 2.73. The molecule has 6 nitrogen and oxygen atoms in total. The van der Waals surface area contributed by atoms with Crippen molar-refractivity contribution in [2.75, 3.05) is 25.1 Å². The van der Waals surface area contributed by atoms with Crippen molar-refractivity contribution in [1.82, 2.24) is 10.2 Å². The number of rotatable bonds is 5. The van der Waals surface area contributed by atoms with Gasteiger partial charge in [-0.25, -0.2) is 8.42 Å². The average molecular weight is 285 g/mol. The highest BCUT2D eigenvalue weighted by Gasteiger charge is 2.30. The fraction of sp³-hybridized carbons (Fsp3) is 0.667. The van der Waals surface area contributed by atoms with Gasteiger partial charge in [-0.15, -0.1) is 0 Å². The molecular formula is C12H19N3O3S. The van der Waals surface area contributed by atoms with Crippen molar-refractivity contribution in [3.63, 3.8) is 0 Å². The molecule has 1 rings (SSSR count). The van der Waals surface area contributed by atoms with E-state index in [2.05, 4.69) is 5.32 Å². The van der Waals surface area contributed by atoms with Crippen molar-refractivity contribution in [2.24, 2.45) is 0 Å². The first-order valence-corrected chi connectivity index (χ1v) is 8.04. The fourth-order valence-corrected chi connectivity index (χ4v) is 3.66.